The Bertz CT molecular complexity index is 462. The minimum absolute atomic E-state index is 0.121. The van der Waals surface area contributed by atoms with Gasteiger partial charge in [0.25, 0.3) is 0 Å². The van der Waals surface area contributed by atoms with Gasteiger partial charge in [0.05, 0.1) is 13.2 Å². The van der Waals surface area contributed by atoms with Gasteiger partial charge in [-0.05, 0) is 49.3 Å². The van der Waals surface area contributed by atoms with Gasteiger partial charge in [-0.2, -0.15) is 0 Å². The molecule has 0 saturated carbocycles. The highest BCUT2D eigenvalue weighted by atomic mass is 35.5. The van der Waals surface area contributed by atoms with Crippen LogP contribution < -0.4 is 10.1 Å². The number of hydrogen-bond donors (Lipinski definition) is 1. The van der Waals surface area contributed by atoms with Crippen molar-refractivity contribution < 1.29 is 9.53 Å². The molecule has 0 aliphatic heterocycles. The Balaban J connectivity index is 2.03. The SMILES string of the molecule is COc1cccc2c1CCCC2NC(=O)CCCCCl. The topological polar surface area (TPSA) is 38.3 Å². The lowest BCUT2D eigenvalue weighted by Gasteiger charge is -2.27. The summed E-state index contributed by atoms with van der Waals surface area (Å²) in [6, 6.07) is 6.21. The molecule has 2 rings (SSSR count). The molecule has 110 valence electrons. The molecule has 0 spiro atoms. The van der Waals surface area contributed by atoms with Crippen molar-refractivity contribution in [3.05, 3.63) is 29.3 Å². The zero-order valence-electron chi connectivity index (χ0n) is 12.0. The van der Waals surface area contributed by atoms with Crippen LogP contribution in [0, 0.1) is 0 Å². The Hall–Kier alpha value is -1.22. The normalized spacial score (nSPS) is 17.4. The van der Waals surface area contributed by atoms with Crippen LogP contribution >= 0.6 is 11.6 Å². The monoisotopic (exact) mass is 295 g/mol. The summed E-state index contributed by atoms with van der Waals surface area (Å²) in [5, 5.41) is 3.15. The van der Waals surface area contributed by atoms with Gasteiger partial charge in [-0.15, -0.1) is 11.6 Å². The van der Waals surface area contributed by atoms with Gasteiger partial charge in [-0.3, -0.25) is 4.79 Å². The Morgan fingerprint density at radius 3 is 3.05 bits per heavy atom. The van der Waals surface area contributed by atoms with Gasteiger partial charge in [0.15, 0.2) is 0 Å². The summed E-state index contributed by atoms with van der Waals surface area (Å²) in [7, 11) is 1.70. The van der Waals surface area contributed by atoms with E-state index in [9.17, 15) is 4.79 Å². The largest absolute Gasteiger partial charge is 0.496 e. The van der Waals surface area contributed by atoms with E-state index in [1.165, 1.54) is 11.1 Å². The molecule has 1 amide bonds. The quantitative estimate of drug-likeness (QED) is 0.643. The lowest BCUT2D eigenvalue weighted by atomic mass is 9.87. The van der Waals surface area contributed by atoms with Crippen molar-refractivity contribution in [2.24, 2.45) is 0 Å². The maximum atomic E-state index is 12.0. The van der Waals surface area contributed by atoms with E-state index in [0.29, 0.717) is 12.3 Å². The first-order valence-corrected chi connectivity index (χ1v) is 7.81. The van der Waals surface area contributed by atoms with Crippen LogP contribution in [-0.2, 0) is 11.2 Å². The van der Waals surface area contributed by atoms with Crippen molar-refractivity contribution in [2.75, 3.05) is 13.0 Å². The van der Waals surface area contributed by atoms with Gasteiger partial charge < -0.3 is 10.1 Å². The van der Waals surface area contributed by atoms with Crippen LogP contribution in [0.15, 0.2) is 18.2 Å². The fourth-order valence-corrected chi connectivity index (χ4v) is 2.99. The third-order valence-electron chi connectivity index (χ3n) is 3.81. The van der Waals surface area contributed by atoms with E-state index >= 15 is 0 Å². The maximum absolute atomic E-state index is 12.0. The standard InChI is InChI=1S/C16H22ClNO2/c1-20-15-9-5-6-12-13(15)7-4-8-14(12)18-16(19)10-2-3-11-17/h5-6,9,14H,2-4,7-8,10-11H2,1H3,(H,18,19). The van der Waals surface area contributed by atoms with E-state index < -0.39 is 0 Å². The summed E-state index contributed by atoms with van der Waals surface area (Å²) in [5.41, 5.74) is 2.45. The van der Waals surface area contributed by atoms with Crippen LogP contribution in [0.5, 0.6) is 5.75 Å². The number of rotatable bonds is 6. The number of nitrogens with one attached hydrogen (secondary N) is 1. The van der Waals surface area contributed by atoms with Crippen molar-refractivity contribution in [3.8, 4) is 5.75 Å². The maximum Gasteiger partial charge on any atom is 0.220 e. The molecular weight excluding hydrogens is 274 g/mol. The van der Waals surface area contributed by atoms with Crippen LogP contribution in [0.25, 0.3) is 0 Å². The number of fused-ring (bicyclic) bond motifs is 1. The Kier molecular flexibility index (Phi) is 5.72. The third-order valence-corrected chi connectivity index (χ3v) is 4.07. The lowest BCUT2D eigenvalue weighted by molar-refractivity contribution is -0.122. The summed E-state index contributed by atoms with van der Waals surface area (Å²) in [6.07, 6.45) is 5.42. The fourth-order valence-electron chi connectivity index (χ4n) is 2.80. The number of amides is 1. The second-order valence-electron chi connectivity index (χ2n) is 5.19. The third kappa shape index (κ3) is 3.66. The Morgan fingerprint density at radius 1 is 1.45 bits per heavy atom. The molecule has 4 heteroatoms. The highest BCUT2D eigenvalue weighted by molar-refractivity contribution is 6.17. The summed E-state index contributed by atoms with van der Waals surface area (Å²) in [6.45, 7) is 0. The highest BCUT2D eigenvalue weighted by Crippen LogP contribution is 2.35. The molecule has 1 aliphatic carbocycles. The van der Waals surface area contributed by atoms with Crippen molar-refractivity contribution in [2.45, 2.75) is 44.6 Å². The molecule has 1 aliphatic rings. The average Bonchev–Trinajstić information content (AvgIpc) is 2.47. The molecule has 1 unspecified atom stereocenters. The van der Waals surface area contributed by atoms with Crippen LogP contribution in [0.4, 0.5) is 0 Å². The number of methoxy groups -OCH3 is 1. The zero-order valence-corrected chi connectivity index (χ0v) is 12.7. The van der Waals surface area contributed by atoms with Gasteiger partial charge in [0.1, 0.15) is 5.75 Å². The number of hydrogen-bond acceptors (Lipinski definition) is 2. The van der Waals surface area contributed by atoms with Gasteiger partial charge in [-0.1, -0.05) is 12.1 Å². The first kappa shape index (κ1) is 15.2. The van der Waals surface area contributed by atoms with Crippen LogP contribution in [-0.4, -0.2) is 18.9 Å². The molecule has 20 heavy (non-hydrogen) atoms. The molecule has 1 N–H and O–H groups in total. The second kappa shape index (κ2) is 7.53. The van der Waals surface area contributed by atoms with Crippen molar-refractivity contribution >= 4 is 17.5 Å². The summed E-state index contributed by atoms with van der Waals surface area (Å²) in [5.74, 6) is 1.68. The average molecular weight is 296 g/mol. The molecule has 3 nitrogen and oxygen atoms in total. The summed E-state index contributed by atoms with van der Waals surface area (Å²) >= 11 is 5.63. The first-order valence-electron chi connectivity index (χ1n) is 7.27. The predicted octanol–water partition coefficient (Wildman–Crippen LogP) is 3.60. The van der Waals surface area contributed by atoms with Crippen molar-refractivity contribution in [1.82, 2.24) is 5.32 Å². The number of carbonyl (C=O) groups is 1. The number of unbranched alkanes of at least 4 members (excludes halogenated alkanes) is 1. The van der Waals surface area contributed by atoms with Gasteiger partial charge >= 0.3 is 0 Å². The van der Waals surface area contributed by atoms with E-state index in [0.717, 1.165) is 37.9 Å². The molecule has 0 fully saturated rings. The van der Waals surface area contributed by atoms with Crippen LogP contribution in [0.3, 0.4) is 0 Å². The Labute approximate surface area is 125 Å². The number of carbonyl (C=O) groups excluding carboxylic acids is 1. The van der Waals surface area contributed by atoms with E-state index in [4.69, 9.17) is 16.3 Å². The molecule has 0 heterocycles. The van der Waals surface area contributed by atoms with Crippen LogP contribution in [0.1, 0.15) is 49.3 Å². The first-order chi connectivity index (χ1) is 9.76. The lowest BCUT2D eigenvalue weighted by Crippen LogP contribution is -2.30. The highest BCUT2D eigenvalue weighted by Gasteiger charge is 2.23. The molecule has 0 radical (unpaired) electrons. The molecule has 1 aromatic carbocycles. The number of alkyl halides is 1. The van der Waals surface area contributed by atoms with Crippen LogP contribution in [0.2, 0.25) is 0 Å². The molecule has 1 atom stereocenters. The summed E-state index contributed by atoms with van der Waals surface area (Å²) < 4.78 is 5.42. The molecule has 0 aromatic heterocycles. The van der Waals surface area contributed by atoms with Gasteiger partial charge in [0.2, 0.25) is 5.91 Å². The minimum Gasteiger partial charge on any atom is -0.496 e. The Morgan fingerprint density at radius 2 is 2.30 bits per heavy atom. The molecule has 0 saturated heterocycles. The summed E-state index contributed by atoms with van der Waals surface area (Å²) in [4.78, 5) is 12.0. The second-order valence-corrected chi connectivity index (χ2v) is 5.56. The fraction of sp³-hybridized carbons (Fsp3) is 0.562. The number of benzene rings is 1. The van der Waals surface area contributed by atoms with Gasteiger partial charge in [0, 0.05) is 12.3 Å². The number of ether oxygens (including phenoxy) is 1. The van der Waals surface area contributed by atoms with E-state index in [1.54, 1.807) is 7.11 Å². The molecular formula is C16H22ClNO2. The van der Waals surface area contributed by atoms with Crippen molar-refractivity contribution in [1.29, 1.82) is 0 Å². The predicted molar refractivity (Wildman–Crippen MR) is 81.4 cm³/mol. The van der Waals surface area contributed by atoms with E-state index in [1.807, 2.05) is 12.1 Å². The zero-order chi connectivity index (χ0) is 14.4. The smallest absolute Gasteiger partial charge is 0.220 e. The van der Waals surface area contributed by atoms with Gasteiger partial charge in [-0.25, -0.2) is 0 Å². The van der Waals surface area contributed by atoms with E-state index in [2.05, 4.69) is 11.4 Å². The van der Waals surface area contributed by atoms with E-state index in [-0.39, 0.29) is 11.9 Å². The molecule has 1 aromatic rings. The minimum atomic E-state index is 0.121. The van der Waals surface area contributed by atoms with Crippen molar-refractivity contribution in [3.63, 3.8) is 0 Å². The number of halogens is 1. The molecule has 0 bridgehead atoms.